The van der Waals surface area contributed by atoms with Gasteiger partial charge in [0.1, 0.15) is 4.21 Å². The first-order chi connectivity index (χ1) is 8.81. The van der Waals surface area contributed by atoms with E-state index in [2.05, 4.69) is 11.6 Å². The Morgan fingerprint density at radius 1 is 1.58 bits per heavy atom. The molecule has 0 spiro atoms. The summed E-state index contributed by atoms with van der Waals surface area (Å²) in [5.74, 6) is 0.430. The summed E-state index contributed by atoms with van der Waals surface area (Å²) in [7, 11) is -3.57. The molecular formula is C12H18ClNO3S2. The third-order valence-corrected chi connectivity index (χ3v) is 6.60. The number of halogens is 1. The Bertz CT molecular complexity index is 543. The summed E-state index contributed by atoms with van der Waals surface area (Å²) in [6, 6.07) is 3.03. The highest BCUT2D eigenvalue weighted by atomic mass is 35.5. The van der Waals surface area contributed by atoms with Crippen LogP contribution in [0.25, 0.3) is 0 Å². The molecule has 0 aromatic carbocycles. The van der Waals surface area contributed by atoms with Crippen molar-refractivity contribution in [1.29, 1.82) is 0 Å². The van der Waals surface area contributed by atoms with Gasteiger partial charge >= 0.3 is 0 Å². The van der Waals surface area contributed by atoms with Crippen molar-refractivity contribution in [3.8, 4) is 0 Å². The van der Waals surface area contributed by atoms with Crippen LogP contribution in [0, 0.1) is 5.92 Å². The van der Waals surface area contributed by atoms with E-state index in [-0.39, 0.29) is 10.8 Å². The molecule has 4 nitrogen and oxygen atoms in total. The normalized spacial score (nSPS) is 28.5. The lowest BCUT2D eigenvalue weighted by Crippen LogP contribution is -2.45. The maximum Gasteiger partial charge on any atom is 0.250 e. The number of thiophene rings is 1. The van der Waals surface area contributed by atoms with Crippen molar-refractivity contribution >= 4 is 33.0 Å². The number of aliphatic hydroxyl groups is 1. The lowest BCUT2D eigenvalue weighted by Gasteiger charge is -2.35. The smallest absolute Gasteiger partial charge is 0.250 e. The molecule has 2 rings (SSSR count). The van der Waals surface area contributed by atoms with E-state index in [1.165, 1.54) is 6.07 Å². The topological polar surface area (TPSA) is 66.4 Å². The minimum absolute atomic E-state index is 0.0647. The van der Waals surface area contributed by atoms with Crippen LogP contribution in [0.4, 0.5) is 0 Å². The molecule has 1 aliphatic carbocycles. The van der Waals surface area contributed by atoms with Crippen LogP contribution in [0.1, 0.15) is 32.6 Å². The highest BCUT2D eigenvalue weighted by molar-refractivity contribution is 7.91. The minimum atomic E-state index is -3.57. The fourth-order valence-corrected chi connectivity index (χ4v) is 5.18. The van der Waals surface area contributed by atoms with E-state index in [1.54, 1.807) is 6.07 Å². The van der Waals surface area contributed by atoms with Crippen molar-refractivity contribution in [2.45, 2.75) is 42.4 Å². The monoisotopic (exact) mass is 323 g/mol. The Hall–Kier alpha value is -0.140. The molecule has 108 valence electrons. The quantitative estimate of drug-likeness (QED) is 0.895. The van der Waals surface area contributed by atoms with Crippen molar-refractivity contribution in [3.63, 3.8) is 0 Å². The van der Waals surface area contributed by atoms with Crippen LogP contribution in [0.2, 0.25) is 4.34 Å². The molecule has 0 amide bonds. The third-order valence-electron chi connectivity index (χ3n) is 3.47. The van der Waals surface area contributed by atoms with Crippen molar-refractivity contribution in [2.24, 2.45) is 5.92 Å². The summed E-state index contributed by atoms with van der Waals surface area (Å²) in [6.45, 7) is 2.15. The van der Waals surface area contributed by atoms with Crippen LogP contribution in [0.15, 0.2) is 16.3 Å². The van der Waals surface area contributed by atoms with Crippen LogP contribution in [-0.2, 0) is 10.0 Å². The van der Waals surface area contributed by atoms with E-state index in [0.717, 1.165) is 24.2 Å². The van der Waals surface area contributed by atoms with Crippen LogP contribution < -0.4 is 4.72 Å². The molecule has 2 atom stereocenters. The Kier molecular flexibility index (Phi) is 4.57. The molecule has 0 radical (unpaired) electrons. The first-order valence-corrected chi connectivity index (χ1v) is 8.96. The Balaban J connectivity index is 2.01. The average molecular weight is 324 g/mol. The Labute approximate surface area is 122 Å². The molecule has 19 heavy (non-hydrogen) atoms. The van der Waals surface area contributed by atoms with E-state index < -0.39 is 15.6 Å². The van der Waals surface area contributed by atoms with Gasteiger partial charge in [0.25, 0.3) is 0 Å². The first-order valence-electron chi connectivity index (χ1n) is 6.28. The van der Waals surface area contributed by atoms with Crippen molar-refractivity contribution < 1.29 is 13.5 Å². The third kappa shape index (κ3) is 3.92. The second kappa shape index (κ2) is 5.69. The molecule has 1 fully saturated rings. The van der Waals surface area contributed by atoms with Gasteiger partial charge in [-0.2, -0.15) is 0 Å². The number of hydrogen-bond acceptors (Lipinski definition) is 4. The standard InChI is InChI=1S/C12H18ClNO3S2/c1-9-3-2-6-12(15,7-9)8-14-19(16,17)11-5-4-10(13)18-11/h4-5,9,14-15H,2-3,6-8H2,1H3. The van der Waals surface area contributed by atoms with Gasteiger partial charge in [-0.05, 0) is 30.9 Å². The zero-order chi connectivity index (χ0) is 14.1. The molecule has 0 bridgehead atoms. The summed E-state index contributed by atoms with van der Waals surface area (Å²) in [4.78, 5) is 0. The minimum Gasteiger partial charge on any atom is -0.389 e. The predicted molar refractivity (Wildman–Crippen MR) is 77.1 cm³/mol. The second-order valence-corrected chi connectivity index (χ2v) is 9.02. The molecule has 2 unspecified atom stereocenters. The van der Waals surface area contributed by atoms with E-state index in [9.17, 15) is 13.5 Å². The molecule has 7 heteroatoms. The second-order valence-electron chi connectivity index (χ2n) is 5.31. The fourth-order valence-electron chi connectivity index (χ4n) is 2.54. The lowest BCUT2D eigenvalue weighted by atomic mass is 9.79. The maximum absolute atomic E-state index is 12.0. The number of hydrogen-bond donors (Lipinski definition) is 2. The van der Waals surface area contributed by atoms with Crippen LogP contribution >= 0.6 is 22.9 Å². The van der Waals surface area contributed by atoms with Crippen LogP contribution in [0.3, 0.4) is 0 Å². The van der Waals surface area contributed by atoms with Gasteiger partial charge in [-0.15, -0.1) is 11.3 Å². The van der Waals surface area contributed by atoms with Gasteiger partial charge in [-0.3, -0.25) is 0 Å². The molecule has 1 aliphatic rings. The van der Waals surface area contributed by atoms with Gasteiger partial charge in [0.2, 0.25) is 10.0 Å². The van der Waals surface area contributed by atoms with Crippen molar-refractivity contribution in [1.82, 2.24) is 4.72 Å². The Morgan fingerprint density at radius 2 is 2.32 bits per heavy atom. The predicted octanol–water partition coefficient (Wildman–Crippen LogP) is 2.62. The summed E-state index contributed by atoms with van der Waals surface area (Å²) >= 11 is 6.75. The van der Waals surface area contributed by atoms with Crippen LogP contribution in [-0.4, -0.2) is 25.7 Å². The van der Waals surface area contributed by atoms with Gasteiger partial charge < -0.3 is 5.11 Å². The fraction of sp³-hybridized carbons (Fsp3) is 0.667. The summed E-state index contributed by atoms with van der Waals surface area (Å²) in [5.41, 5.74) is -0.925. The van der Waals surface area contributed by atoms with Gasteiger partial charge in [0, 0.05) is 6.54 Å². The zero-order valence-electron chi connectivity index (χ0n) is 10.7. The SMILES string of the molecule is CC1CCCC(O)(CNS(=O)(=O)c2ccc(Cl)s2)C1. The molecule has 1 aromatic heterocycles. The van der Waals surface area contributed by atoms with Crippen molar-refractivity contribution in [3.05, 3.63) is 16.5 Å². The summed E-state index contributed by atoms with van der Waals surface area (Å²) in [6.07, 6.45) is 3.31. The number of nitrogens with one attached hydrogen (secondary N) is 1. The van der Waals surface area contributed by atoms with E-state index in [1.807, 2.05) is 0 Å². The van der Waals surface area contributed by atoms with Gasteiger partial charge in [-0.25, -0.2) is 13.1 Å². The molecule has 0 saturated heterocycles. The number of sulfonamides is 1. The van der Waals surface area contributed by atoms with Gasteiger partial charge in [0.15, 0.2) is 0 Å². The van der Waals surface area contributed by atoms with Gasteiger partial charge in [0.05, 0.1) is 9.94 Å². The first kappa shape index (κ1) is 15.3. The van der Waals surface area contributed by atoms with Crippen molar-refractivity contribution in [2.75, 3.05) is 6.54 Å². The maximum atomic E-state index is 12.0. The Morgan fingerprint density at radius 3 is 2.89 bits per heavy atom. The molecular weight excluding hydrogens is 306 g/mol. The van der Waals surface area contributed by atoms with E-state index in [0.29, 0.717) is 23.1 Å². The molecule has 1 aromatic rings. The highest BCUT2D eigenvalue weighted by Crippen LogP contribution is 2.32. The van der Waals surface area contributed by atoms with E-state index >= 15 is 0 Å². The molecule has 1 saturated carbocycles. The highest BCUT2D eigenvalue weighted by Gasteiger charge is 2.34. The van der Waals surface area contributed by atoms with E-state index in [4.69, 9.17) is 11.6 Å². The molecule has 0 aliphatic heterocycles. The molecule has 2 N–H and O–H groups in total. The summed E-state index contributed by atoms with van der Waals surface area (Å²) < 4.78 is 27.2. The molecule has 1 heterocycles. The zero-order valence-corrected chi connectivity index (χ0v) is 13.1. The van der Waals surface area contributed by atoms with Crippen LogP contribution in [0.5, 0.6) is 0 Å². The van der Waals surface area contributed by atoms with Gasteiger partial charge in [-0.1, -0.05) is 31.4 Å². The lowest BCUT2D eigenvalue weighted by molar-refractivity contribution is -0.00750. The summed E-state index contributed by atoms with van der Waals surface area (Å²) in [5, 5.41) is 10.4. The average Bonchev–Trinajstić information content (AvgIpc) is 2.74. The number of rotatable bonds is 4. The largest absolute Gasteiger partial charge is 0.389 e.